The van der Waals surface area contributed by atoms with Crippen molar-refractivity contribution >= 4 is 8.60 Å². The summed E-state index contributed by atoms with van der Waals surface area (Å²) in [7, 11) is -1.72. The van der Waals surface area contributed by atoms with E-state index in [1.165, 1.54) is 77.0 Å². The molecule has 2 atom stereocenters. The van der Waals surface area contributed by atoms with Crippen LogP contribution < -0.4 is 0 Å². The summed E-state index contributed by atoms with van der Waals surface area (Å²) in [6.45, 7) is 5.02. The zero-order valence-electron chi connectivity index (χ0n) is 17.5. The summed E-state index contributed by atoms with van der Waals surface area (Å²) in [5.41, 5.74) is 0. The number of hydrogen-bond acceptors (Lipinski definition) is 4. The molecular formula is C21H45O4P. The monoisotopic (exact) mass is 392 g/mol. The molecule has 0 aromatic rings. The quantitative estimate of drug-likeness (QED) is 0.165. The minimum atomic E-state index is -1.72. The lowest BCUT2D eigenvalue weighted by Gasteiger charge is -2.12. The number of rotatable bonds is 21. The average Bonchev–Trinajstić information content (AvgIpc) is 2.63. The van der Waals surface area contributed by atoms with E-state index >= 15 is 0 Å². The van der Waals surface area contributed by atoms with E-state index in [9.17, 15) is 10.00 Å². The molecule has 4 nitrogen and oxygen atoms in total. The lowest BCUT2D eigenvalue weighted by atomic mass is 10.0. The predicted molar refractivity (Wildman–Crippen MR) is 112 cm³/mol. The van der Waals surface area contributed by atoms with Crippen LogP contribution in [0.3, 0.4) is 0 Å². The Morgan fingerprint density at radius 3 is 1.62 bits per heavy atom. The molecule has 158 valence electrons. The summed E-state index contributed by atoms with van der Waals surface area (Å²) in [6.07, 6.45) is 19.8. The third-order valence-electron chi connectivity index (χ3n) is 4.76. The summed E-state index contributed by atoms with van der Waals surface area (Å²) in [4.78, 5) is 9.31. The van der Waals surface area contributed by atoms with Crippen LogP contribution in [0.15, 0.2) is 0 Å². The molecule has 0 rings (SSSR count). The largest absolute Gasteiger partial charge is 0.393 e. The molecular weight excluding hydrogens is 347 g/mol. The second kappa shape index (κ2) is 21.6. The molecule has 0 aromatic heterocycles. The fourth-order valence-electron chi connectivity index (χ4n) is 3.15. The fraction of sp³-hybridized carbons (Fsp3) is 1.00. The Labute approximate surface area is 164 Å². The van der Waals surface area contributed by atoms with Crippen molar-refractivity contribution in [2.75, 3.05) is 13.2 Å². The smallest absolute Gasteiger partial charge is 0.329 e. The molecule has 0 fully saturated rings. The van der Waals surface area contributed by atoms with Gasteiger partial charge >= 0.3 is 8.60 Å². The van der Waals surface area contributed by atoms with Crippen molar-refractivity contribution in [3.63, 3.8) is 0 Å². The van der Waals surface area contributed by atoms with Gasteiger partial charge in [0.15, 0.2) is 0 Å². The molecule has 0 saturated carbocycles. The highest BCUT2D eigenvalue weighted by atomic mass is 31.2. The molecule has 2 unspecified atom stereocenters. The highest BCUT2D eigenvalue weighted by Crippen LogP contribution is 2.32. The van der Waals surface area contributed by atoms with Crippen molar-refractivity contribution in [2.45, 2.75) is 123 Å². The first-order valence-electron chi connectivity index (χ1n) is 11.1. The molecule has 0 aliphatic rings. The van der Waals surface area contributed by atoms with E-state index in [1.807, 2.05) is 6.92 Å². The van der Waals surface area contributed by atoms with Gasteiger partial charge in [0.25, 0.3) is 0 Å². The molecule has 0 aliphatic carbocycles. The number of hydrogen-bond donors (Lipinski definition) is 2. The van der Waals surface area contributed by atoms with Crippen LogP contribution in [-0.2, 0) is 9.05 Å². The Balaban J connectivity index is 3.17. The molecule has 0 heterocycles. The maximum absolute atomic E-state index is 9.95. The number of aliphatic hydroxyl groups is 1. The van der Waals surface area contributed by atoms with Gasteiger partial charge in [0.1, 0.15) is 0 Å². The Morgan fingerprint density at radius 1 is 0.654 bits per heavy atom. The molecule has 0 saturated heterocycles. The zero-order chi connectivity index (χ0) is 19.3. The van der Waals surface area contributed by atoms with Crippen molar-refractivity contribution in [3.05, 3.63) is 0 Å². The van der Waals surface area contributed by atoms with E-state index in [0.29, 0.717) is 13.2 Å². The average molecular weight is 393 g/mol. The van der Waals surface area contributed by atoms with E-state index in [0.717, 1.165) is 25.7 Å². The third-order valence-corrected chi connectivity index (χ3v) is 5.65. The van der Waals surface area contributed by atoms with Gasteiger partial charge in [-0.15, -0.1) is 0 Å². The molecule has 0 amide bonds. The summed E-state index contributed by atoms with van der Waals surface area (Å²) in [5, 5.41) is 9.95. The Kier molecular flexibility index (Phi) is 21.8. The summed E-state index contributed by atoms with van der Waals surface area (Å²) < 4.78 is 10.1. The van der Waals surface area contributed by atoms with Crippen LogP contribution in [0, 0.1) is 0 Å². The van der Waals surface area contributed by atoms with Crippen molar-refractivity contribution in [2.24, 2.45) is 0 Å². The molecule has 0 aliphatic heterocycles. The Bertz CT molecular complexity index is 266. The fourth-order valence-corrected chi connectivity index (χ4v) is 3.73. The predicted octanol–water partition coefficient (Wildman–Crippen LogP) is 6.88. The van der Waals surface area contributed by atoms with Gasteiger partial charge < -0.3 is 19.0 Å². The SMILES string of the molecule is CCCCCCCCCCCCCCCC(O)CCCOP(O)OCC. The standard InChI is InChI=1S/C21H45O4P/c1-3-5-6-7-8-9-10-11-12-13-14-15-16-18-21(22)19-17-20-25-26(23)24-4-2/h21-23H,3-20H2,1-2H3. The van der Waals surface area contributed by atoms with Gasteiger partial charge in [-0.3, -0.25) is 0 Å². The zero-order valence-corrected chi connectivity index (χ0v) is 18.4. The molecule has 0 spiro atoms. The summed E-state index contributed by atoms with van der Waals surface area (Å²) in [6, 6.07) is 0. The first kappa shape index (κ1) is 26.3. The van der Waals surface area contributed by atoms with Gasteiger partial charge in [0.2, 0.25) is 0 Å². The van der Waals surface area contributed by atoms with Crippen LogP contribution in [0.1, 0.15) is 117 Å². The van der Waals surface area contributed by atoms with Gasteiger partial charge in [0.05, 0.1) is 19.3 Å². The number of unbranched alkanes of at least 4 members (excludes halogenated alkanes) is 12. The normalized spacial score (nSPS) is 13.8. The van der Waals surface area contributed by atoms with Gasteiger partial charge in [-0.25, -0.2) is 0 Å². The van der Waals surface area contributed by atoms with Crippen LogP contribution in [0.25, 0.3) is 0 Å². The second-order valence-electron chi connectivity index (χ2n) is 7.32. The lowest BCUT2D eigenvalue weighted by Crippen LogP contribution is -2.07. The van der Waals surface area contributed by atoms with Crippen molar-refractivity contribution in [1.29, 1.82) is 0 Å². The first-order chi connectivity index (χ1) is 12.7. The molecule has 0 aromatic carbocycles. The van der Waals surface area contributed by atoms with Crippen LogP contribution in [0.5, 0.6) is 0 Å². The molecule has 5 heteroatoms. The molecule has 26 heavy (non-hydrogen) atoms. The Hall–Kier alpha value is 0.270. The minimum Gasteiger partial charge on any atom is -0.393 e. The van der Waals surface area contributed by atoms with E-state index in [2.05, 4.69) is 6.92 Å². The van der Waals surface area contributed by atoms with Crippen molar-refractivity contribution in [3.8, 4) is 0 Å². The van der Waals surface area contributed by atoms with Gasteiger partial charge in [-0.05, 0) is 26.2 Å². The highest BCUT2D eigenvalue weighted by molar-refractivity contribution is 7.40. The maximum atomic E-state index is 9.95. The van der Waals surface area contributed by atoms with Crippen LogP contribution in [0.4, 0.5) is 0 Å². The van der Waals surface area contributed by atoms with Gasteiger partial charge in [-0.2, -0.15) is 0 Å². The molecule has 2 N–H and O–H groups in total. The first-order valence-corrected chi connectivity index (χ1v) is 12.3. The van der Waals surface area contributed by atoms with E-state index in [4.69, 9.17) is 9.05 Å². The van der Waals surface area contributed by atoms with Crippen LogP contribution in [-0.4, -0.2) is 29.3 Å². The summed E-state index contributed by atoms with van der Waals surface area (Å²) >= 11 is 0. The third kappa shape index (κ3) is 20.6. The topological polar surface area (TPSA) is 58.9 Å². The van der Waals surface area contributed by atoms with Crippen molar-refractivity contribution < 1.29 is 19.0 Å². The van der Waals surface area contributed by atoms with E-state index in [1.54, 1.807) is 0 Å². The minimum absolute atomic E-state index is 0.233. The van der Waals surface area contributed by atoms with E-state index < -0.39 is 8.60 Å². The number of aliphatic hydroxyl groups excluding tert-OH is 1. The highest BCUT2D eigenvalue weighted by Gasteiger charge is 2.07. The van der Waals surface area contributed by atoms with Crippen molar-refractivity contribution in [1.82, 2.24) is 0 Å². The van der Waals surface area contributed by atoms with Gasteiger partial charge in [-0.1, -0.05) is 90.4 Å². The lowest BCUT2D eigenvalue weighted by molar-refractivity contribution is 0.135. The molecule has 0 bridgehead atoms. The van der Waals surface area contributed by atoms with Gasteiger partial charge in [0, 0.05) is 0 Å². The van der Waals surface area contributed by atoms with E-state index in [-0.39, 0.29) is 6.10 Å². The maximum Gasteiger partial charge on any atom is 0.329 e. The molecule has 0 radical (unpaired) electrons. The summed E-state index contributed by atoms with van der Waals surface area (Å²) in [5.74, 6) is 0. The van der Waals surface area contributed by atoms with Crippen LogP contribution in [0.2, 0.25) is 0 Å². The van der Waals surface area contributed by atoms with Crippen LogP contribution >= 0.6 is 8.60 Å². The second-order valence-corrected chi connectivity index (χ2v) is 8.31. The Morgan fingerprint density at radius 2 is 1.12 bits per heavy atom.